The van der Waals surface area contributed by atoms with Crippen LogP contribution in [0.15, 0.2) is 10.3 Å². The van der Waals surface area contributed by atoms with Crippen molar-refractivity contribution in [3.63, 3.8) is 0 Å². The number of nitrogens with two attached hydrogens (primary N) is 1. The van der Waals surface area contributed by atoms with Crippen molar-refractivity contribution >= 4 is 11.9 Å². The van der Waals surface area contributed by atoms with E-state index in [1.807, 2.05) is 20.8 Å². The molecule has 7 nitrogen and oxygen atoms in total. The number of likely N-dealkylation sites (tertiary alicyclic amines) is 1. The molecule has 0 aromatic rings. The highest BCUT2D eigenvalue weighted by Gasteiger charge is 2.31. The first-order valence-corrected chi connectivity index (χ1v) is 5.51. The quantitative estimate of drug-likeness (QED) is 0.239. The summed E-state index contributed by atoms with van der Waals surface area (Å²) in [5.74, 6) is 4.89. The summed E-state index contributed by atoms with van der Waals surface area (Å²) in [4.78, 5) is 13.3. The van der Waals surface area contributed by atoms with E-state index in [9.17, 15) is 4.79 Å². The van der Waals surface area contributed by atoms with Gasteiger partial charge in [0.1, 0.15) is 11.4 Å². The number of nitrogens with zero attached hydrogens (tertiary/aromatic N) is 3. The van der Waals surface area contributed by atoms with E-state index in [2.05, 4.69) is 10.3 Å². The van der Waals surface area contributed by atoms with Gasteiger partial charge in [0.2, 0.25) is 0 Å². The van der Waals surface area contributed by atoms with Gasteiger partial charge in [-0.15, -0.1) is 5.11 Å². The molecule has 1 rings (SSSR count). The molecule has 1 atom stereocenters. The summed E-state index contributed by atoms with van der Waals surface area (Å²) in [6, 6.07) is 0. The Labute approximate surface area is 100 Å². The molecule has 1 amide bonds. The zero-order valence-corrected chi connectivity index (χ0v) is 10.4. The lowest BCUT2D eigenvalue weighted by Gasteiger charge is -2.24. The van der Waals surface area contributed by atoms with E-state index >= 15 is 0 Å². The van der Waals surface area contributed by atoms with Crippen molar-refractivity contribution in [1.29, 1.82) is 5.41 Å². The number of hydrogen-bond donors (Lipinski definition) is 2. The van der Waals surface area contributed by atoms with Gasteiger partial charge in [-0.2, -0.15) is 0 Å². The summed E-state index contributed by atoms with van der Waals surface area (Å²) in [5, 5.41) is 14.1. The van der Waals surface area contributed by atoms with Gasteiger partial charge in [-0.05, 0) is 27.2 Å². The molecule has 0 bridgehead atoms. The summed E-state index contributed by atoms with van der Waals surface area (Å²) < 4.78 is 5.25. The zero-order chi connectivity index (χ0) is 13.1. The Morgan fingerprint density at radius 3 is 2.71 bits per heavy atom. The molecule has 0 saturated carbocycles. The zero-order valence-electron chi connectivity index (χ0n) is 10.4. The predicted molar refractivity (Wildman–Crippen MR) is 62.7 cm³/mol. The van der Waals surface area contributed by atoms with E-state index in [0.29, 0.717) is 19.5 Å². The van der Waals surface area contributed by atoms with Crippen LogP contribution in [0.25, 0.3) is 0 Å². The molecule has 7 heteroatoms. The Kier molecular flexibility index (Phi) is 4.03. The maximum absolute atomic E-state index is 11.7. The number of amides is 1. The number of rotatable bonds is 1. The van der Waals surface area contributed by atoms with Crippen molar-refractivity contribution in [1.82, 2.24) is 4.90 Å². The average Bonchev–Trinajstić information content (AvgIpc) is 2.63. The van der Waals surface area contributed by atoms with Gasteiger partial charge in [0.05, 0.1) is 0 Å². The van der Waals surface area contributed by atoms with Crippen LogP contribution in [0, 0.1) is 11.3 Å². The van der Waals surface area contributed by atoms with Crippen molar-refractivity contribution in [2.75, 3.05) is 13.1 Å². The lowest BCUT2D eigenvalue weighted by molar-refractivity contribution is 0.0292. The second-order valence-electron chi connectivity index (χ2n) is 5.01. The third-order valence-corrected chi connectivity index (χ3v) is 2.39. The first-order valence-electron chi connectivity index (χ1n) is 5.51. The fourth-order valence-corrected chi connectivity index (χ4v) is 1.62. The van der Waals surface area contributed by atoms with E-state index in [1.165, 1.54) is 0 Å². The van der Waals surface area contributed by atoms with E-state index in [0.717, 1.165) is 0 Å². The number of hydrogen-bond acceptors (Lipinski definition) is 4. The van der Waals surface area contributed by atoms with Crippen molar-refractivity contribution in [3.05, 3.63) is 0 Å². The van der Waals surface area contributed by atoms with Gasteiger partial charge in [0, 0.05) is 19.0 Å². The second kappa shape index (κ2) is 5.11. The third-order valence-electron chi connectivity index (χ3n) is 2.39. The lowest BCUT2D eigenvalue weighted by Crippen LogP contribution is -2.35. The molecule has 17 heavy (non-hydrogen) atoms. The topological polar surface area (TPSA) is 104 Å². The Hall–Kier alpha value is -1.66. The molecule has 0 aromatic heterocycles. The number of carbonyl (C=O) groups is 1. The standard InChI is InChI=1S/C10H19N5O2/c1-10(2,3)17-9(16)15-5-4-7(6-15)8(11)13-14-12/h7H,4-6H2,1-3H3,(H3,11,12,13). The highest BCUT2D eigenvalue weighted by atomic mass is 16.6. The summed E-state index contributed by atoms with van der Waals surface area (Å²) in [7, 11) is 0. The van der Waals surface area contributed by atoms with Crippen LogP contribution in [0.3, 0.4) is 0 Å². The lowest BCUT2D eigenvalue weighted by atomic mass is 10.1. The number of nitrogens with one attached hydrogen (secondary N) is 1. The van der Waals surface area contributed by atoms with Gasteiger partial charge in [-0.1, -0.05) is 5.22 Å². The number of amidine groups is 1. The fraction of sp³-hybridized carbons (Fsp3) is 0.800. The average molecular weight is 241 g/mol. The summed E-state index contributed by atoms with van der Waals surface area (Å²) >= 11 is 0. The molecule has 1 aliphatic heterocycles. The van der Waals surface area contributed by atoms with Crippen molar-refractivity contribution in [2.24, 2.45) is 22.1 Å². The summed E-state index contributed by atoms with van der Waals surface area (Å²) in [6.45, 7) is 6.48. The minimum Gasteiger partial charge on any atom is -0.444 e. The first-order chi connectivity index (χ1) is 7.83. The fourth-order valence-electron chi connectivity index (χ4n) is 1.62. The Morgan fingerprint density at radius 1 is 1.53 bits per heavy atom. The van der Waals surface area contributed by atoms with Gasteiger partial charge >= 0.3 is 6.09 Å². The molecule has 1 saturated heterocycles. The van der Waals surface area contributed by atoms with Gasteiger partial charge < -0.3 is 15.5 Å². The molecule has 1 unspecified atom stereocenters. The monoisotopic (exact) mass is 241 g/mol. The Morgan fingerprint density at radius 2 is 2.18 bits per heavy atom. The number of carbonyl (C=O) groups excluding carboxylic acids is 1. The van der Waals surface area contributed by atoms with Gasteiger partial charge in [0.15, 0.2) is 0 Å². The molecular weight excluding hydrogens is 222 g/mol. The maximum Gasteiger partial charge on any atom is 0.410 e. The summed E-state index contributed by atoms with van der Waals surface area (Å²) in [5.41, 5.74) is -0.500. The van der Waals surface area contributed by atoms with Gasteiger partial charge in [-0.25, -0.2) is 4.79 Å². The van der Waals surface area contributed by atoms with E-state index < -0.39 is 5.60 Å². The molecule has 3 N–H and O–H groups in total. The minimum absolute atomic E-state index is 0.102. The molecule has 1 aliphatic rings. The maximum atomic E-state index is 11.7. The van der Waals surface area contributed by atoms with Crippen LogP contribution >= 0.6 is 0 Å². The number of ether oxygens (including phenoxy) is 1. The smallest absolute Gasteiger partial charge is 0.410 e. The third kappa shape index (κ3) is 4.01. The molecular formula is C10H19N5O2. The van der Waals surface area contributed by atoms with Crippen LogP contribution in [0.5, 0.6) is 0 Å². The van der Waals surface area contributed by atoms with Crippen LogP contribution in [0.2, 0.25) is 0 Å². The predicted octanol–water partition coefficient (Wildman–Crippen LogP) is 1.55. The minimum atomic E-state index is -0.500. The Balaban J connectivity index is 2.50. The molecule has 0 radical (unpaired) electrons. The highest BCUT2D eigenvalue weighted by Crippen LogP contribution is 2.20. The summed E-state index contributed by atoms with van der Waals surface area (Å²) in [6.07, 6.45) is 0.342. The van der Waals surface area contributed by atoms with Gasteiger partial charge in [0.25, 0.3) is 0 Å². The molecule has 0 spiro atoms. The van der Waals surface area contributed by atoms with Crippen molar-refractivity contribution in [3.8, 4) is 0 Å². The van der Waals surface area contributed by atoms with Crippen molar-refractivity contribution < 1.29 is 9.53 Å². The van der Waals surface area contributed by atoms with Crippen LogP contribution in [-0.2, 0) is 4.74 Å². The van der Waals surface area contributed by atoms with E-state index in [-0.39, 0.29) is 17.8 Å². The van der Waals surface area contributed by atoms with E-state index in [4.69, 9.17) is 16.0 Å². The molecule has 1 fully saturated rings. The SMILES string of the molecule is CC(C)(C)OC(=O)N1CCC(C(=N)N=NN)C1. The van der Waals surface area contributed by atoms with Crippen LogP contribution in [-0.4, -0.2) is 35.5 Å². The molecule has 96 valence electrons. The highest BCUT2D eigenvalue weighted by molar-refractivity contribution is 5.83. The largest absolute Gasteiger partial charge is 0.444 e. The van der Waals surface area contributed by atoms with Crippen LogP contribution in [0.4, 0.5) is 4.79 Å². The molecule has 1 heterocycles. The first kappa shape index (κ1) is 13.4. The molecule has 0 aliphatic carbocycles. The second-order valence-corrected chi connectivity index (χ2v) is 5.01. The Bertz CT molecular complexity index is 334. The van der Waals surface area contributed by atoms with Crippen molar-refractivity contribution in [2.45, 2.75) is 32.8 Å². The van der Waals surface area contributed by atoms with Gasteiger partial charge in [-0.3, -0.25) is 5.41 Å². The molecule has 0 aromatic carbocycles. The van der Waals surface area contributed by atoms with E-state index in [1.54, 1.807) is 4.90 Å². The normalized spacial score (nSPS) is 20.9. The van der Waals surface area contributed by atoms with Crippen LogP contribution < -0.4 is 5.84 Å². The van der Waals surface area contributed by atoms with Crippen LogP contribution in [0.1, 0.15) is 27.2 Å².